The van der Waals surface area contributed by atoms with Crippen molar-refractivity contribution in [3.05, 3.63) is 45.7 Å². The van der Waals surface area contributed by atoms with Gasteiger partial charge in [-0.15, -0.1) is 11.3 Å². The summed E-state index contributed by atoms with van der Waals surface area (Å²) < 4.78 is 65.0. The van der Waals surface area contributed by atoms with E-state index in [-0.39, 0.29) is 5.69 Å². The van der Waals surface area contributed by atoms with E-state index in [2.05, 4.69) is 4.98 Å². The fraction of sp³-hybridized carbons (Fsp3) is 0. The standard InChI is InChI=1S/C10H3F5N2OS/c11-4-5(12)7(14)9(8(15)6(4)13)17-10(18)3-1-19-2-16-3/h1-2H,(H,17,18). The second kappa shape index (κ2) is 4.92. The van der Waals surface area contributed by atoms with Crippen LogP contribution in [-0.4, -0.2) is 10.9 Å². The van der Waals surface area contributed by atoms with Crippen molar-refractivity contribution >= 4 is 22.9 Å². The van der Waals surface area contributed by atoms with Crippen LogP contribution < -0.4 is 5.32 Å². The summed E-state index contributed by atoms with van der Waals surface area (Å²) in [5, 5.41) is 2.85. The Balaban J connectivity index is 2.44. The lowest BCUT2D eigenvalue weighted by molar-refractivity contribution is 0.102. The Hall–Kier alpha value is -2.03. The lowest BCUT2D eigenvalue weighted by Crippen LogP contribution is -2.17. The molecule has 0 radical (unpaired) electrons. The molecular weight excluding hydrogens is 291 g/mol. The van der Waals surface area contributed by atoms with E-state index in [0.29, 0.717) is 0 Å². The van der Waals surface area contributed by atoms with E-state index >= 15 is 0 Å². The van der Waals surface area contributed by atoms with Crippen molar-refractivity contribution in [3.8, 4) is 0 Å². The quantitative estimate of drug-likeness (QED) is 0.525. The van der Waals surface area contributed by atoms with Crippen molar-refractivity contribution < 1.29 is 26.7 Å². The molecule has 0 aliphatic heterocycles. The van der Waals surface area contributed by atoms with Gasteiger partial charge in [-0.1, -0.05) is 0 Å². The Morgan fingerprint density at radius 3 is 2.00 bits per heavy atom. The van der Waals surface area contributed by atoms with Gasteiger partial charge in [0.1, 0.15) is 11.4 Å². The van der Waals surface area contributed by atoms with Crippen LogP contribution in [-0.2, 0) is 0 Å². The molecule has 1 heterocycles. The Labute approximate surface area is 106 Å². The average molecular weight is 294 g/mol. The zero-order valence-electron chi connectivity index (χ0n) is 8.81. The number of thiazole rings is 1. The predicted molar refractivity (Wildman–Crippen MR) is 56.3 cm³/mol. The van der Waals surface area contributed by atoms with E-state index in [1.54, 1.807) is 5.32 Å². The number of halogens is 5. The largest absolute Gasteiger partial charge is 0.315 e. The van der Waals surface area contributed by atoms with Crippen LogP contribution >= 0.6 is 11.3 Å². The molecule has 100 valence electrons. The summed E-state index contributed by atoms with van der Waals surface area (Å²) in [7, 11) is 0. The van der Waals surface area contributed by atoms with E-state index < -0.39 is 40.7 Å². The Bertz CT molecular complexity index is 615. The molecule has 2 rings (SSSR count). The van der Waals surface area contributed by atoms with Crippen molar-refractivity contribution in [2.24, 2.45) is 0 Å². The number of hydrogen-bond acceptors (Lipinski definition) is 3. The molecule has 1 amide bonds. The van der Waals surface area contributed by atoms with Gasteiger partial charge in [0.25, 0.3) is 5.91 Å². The van der Waals surface area contributed by atoms with Crippen molar-refractivity contribution in [3.63, 3.8) is 0 Å². The lowest BCUT2D eigenvalue weighted by atomic mass is 10.2. The molecule has 1 N–H and O–H groups in total. The predicted octanol–water partition coefficient (Wildman–Crippen LogP) is 3.09. The maximum Gasteiger partial charge on any atom is 0.275 e. The molecule has 0 saturated heterocycles. The Kier molecular flexibility index (Phi) is 3.47. The molecule has 0 unspecified atom stereocenters. The van der Waals surface area contributed by atoms with Gasteiger partial charge >= 0.3 is 0 Å². The highest BCUT2D eigenvalue weighted by Crippen LogP contribution is 2.27. The maximum atomic E-state index is 13.3. The minimum absolute atomic E-state index is 0.200. The van der Waals surface area contributed by atoms with E-state index in [9.17, 15) is 26.7 Å². The molecule has 0 saturated carbocycles. The van der Waals surface area contributed by atoms with Crippen molar-refractivity contribution in [1.29, 1.82) is 0 Å². The second-order valence-electron chi connectivity index (χ2n) is 3.27. The van der Waals surface area contributed by atoms with Crippen molar-refractivity contribution in [2.45, 2.75) is 0 Å². The van der Waals surface area contributed by atoms with Crippen LogP contribution in [0.1, 0.15) is 10.5 Å². The zero-order valence-corrected chi connectivity index (χ0v) is 9.62. The molecule has 0 fully saturated rings. The van der Waals surface area contributed by atoms with E-state index in [1.807, 2.05) is 0 Å². The number of nitrogens with zero attached hydrogens (tertiary/aromatic N) is 1. The number of aromatic nitrogens is 1. The van der Waals surface area contributed by atoms with Gasteiger partial charge in [-0.25, -0.2) is 26.9 Å². The molecule has 3 nitrogen and oxygen atoms in total. The molecule has 0 aliphatic carbocycles. The van der Waals surface area contributed by atoms with Gasteiger partial charge in [0.05, 0.1) is 5.51 Å². The molecule has 0 aliphatic rings. The third-order valence-electron chi connectivity index (χ3n) is 2.11. The average Bonchev–Trinajstić information content (AvgIpc) is 2.93. The number of rotatable bonds is 2. The smallest absolute Gasteiger partial charge is 0.275 e. The normalized spacial score (nSPS) is 10.6. The summed E-state index contributed by atoms with van der Waals surface area (Å²) in [6.07, 6.45) is 0. The molecular formula is C10H3F5N2OS. The van der Waals surface area contributed by atoms with Gasteiger partial charge in [0, 0.05) is 5.38 Å². The molecule has 0 spiro atoms. The van der Waals surface area contributed by atoms with Crippen LogP contribution in [0.15, 0.2) is 10.9 Å². The first kappa shape index (κ1) is 13.4. The van der Waals surface area contributed by atoms with Gasteiger partial charge < -0.3 is 5.32 Å². The van der Waals surface area contributed by atoms with Gasteiger partial charge in [-0.3, -0.25) is 4.79 Å². The minimum Gasteiger partial charge on any atom is -0.315 e. The number of nitrogens with one attached hydrogen (secondary N) is 1. The fourth-order valence-corrected chi connectivity index (χ4v) is 1.75. The molecule has 1 aromatic heterocycles. The SMILES string of the molecule is O=C(Nc1c(F)c(F)c(F)c(F)c1F)c1cscn1. The number of amides is 1. The number of anilines is 1. The summed E-state index contributed by atoms with van der Waals surface area (Å²) in [5.41, 5.74) is -0.337. The van der Waals surface area contributed by atoms with Crippen LogP contribution in [0, 0.1) is 29.1 Å². The number of benzene rings is 1. The summed E-state index contributed by atoms with van der Waals surface area (Å²) >= 11 is 1.03. The van der Waals surface area contributed by atoms with Crippen LogP contribution in [0.4, 0.5) is 27.6 Å². The highest BCUT2D eigenvalue weighted by Gasteiger charge is 2.27. The lowest BCUT2D eigenvalue weighted by Gasteiger charge is -2.08. The number of carbonyl (C=O) groups excluding carboxylic acids is 1. The zero-order chi connectivity index (χ0) is 14.2. The Morgan fingerprint density at radius 2 is 1.53 bits per heavy atom. The van der Waals surface area contributed by atoms with Crippen LogP contribution in [0.2, 0.25) is 0 Å². The topological polar surface area (TPSA) is 42.0 Å². The third kappa shape index (κ3) is 2.28. The Morgan fingerprint density at radius 1 is 1.00 bits per heavy atom. The first-order valence-electron chi connectivity index (χ1n) is 4.64. The minimum atomic E-state index is -2.29. The van der Waals surface area contributed by atoms with Crippen LogP contribution in [0.3, 0.4) is 0 Å². The number of hydrogen-bond donors (Lipinski definition) is 1. The van der Waals surface area contributed by atoms with E-state index in [4.69, 9.17) is 0 Å². The molecule has 0 bridgehead atoms. The summed E-state index contributed by atoms with van der Waals surface area (Å²) in [6.45, 7) is 0. The summed E-state index contributed by atoms with van der Waals surface area (Å²) in [5.74, 6) is -11.9. The highest BCUT2D eigenvalue weighted by atomic mass is 32.1. The van der Waals surface area contributed by atoms with Crippen molar-refractivity contribution in [1.82, 2.24) is 4.98 Å². The van der Waals surface area contributed by atoms with E-state index in [0.717, 1.165) is 11.3 Å². The molecule has 2 aromatic rings. The van der Waals surface area contributed by atoms with Gasteiger partial charge in [0.15, 0.2) is 23.3 Å². The molecule has 1 aromatic carbocycles. The molecule has 0 atom stereocenters. The summed E-state index contributed by atoms with van der Waals surface area (Å²) in [6, 6.07) is 0. The van der Waals surface area contributed by atoms with Crippen LogP contribution in [0.5, 0.6) is 0 Å². The fourth-order valence-electron chi connectivity index (χ4n) is 1.22. The first-order chi connectivity index (χ1) is 8.93. The second-order valence-corrected chi connectivity index (χ2v) is 3.99. The molecule has 9 heteroatoms. The third-order valence-corrected chi connectivity index (χ3v) is 2.70. The molecule has 19 heavy (non-hydrogen) atoms. The highest BCUT2D eigenvalue weighted by molar-refractivity contribution is 7.07. The van der Waals surface area contributed by atoms with Gasteiger partial charge in [-0.2, -0.15) is 0 Å². The monoisotopic (exact) mass is 294 g/mol. The van der Waals surface area contributed by atoms with Crippen LogP contribution in [0.25, 0.3) is 0 Å². The van der Waals surface area contributed by atoms with E-state index in [1.165, 1.54) is 10.9 Å². The maximum absolute atomic E-state index is 13.3. The van der Waals surface area contributed by atoms with Gasteiger partial charge in [0.2, 0.25) is 5.82 Å². The van der Waals surface area contributed by atoms with Crippen molar-refractivity contribution in [2.75, 3.05) is 5.32 Å². The summed E-state index contributed by atoms with van der Waals surface area (Å²) in [4.78, 5) is 15.0. The van der Waals surface area contributed by atoms with Gasteiger partial charge in [-0.05, 0) is 0 Å². The first-order valence-corrected chi connectivity index (χ1v) is 5.58. The number of carbonyl (C=O) groups is 1.